The lowest BCUT2D eigenvalue weighted by Crippen LogP contribution is -2.38. The Kier molecular flexibility index (Phi) is 3.39. The highest BCUT2D eigenvalue weighted by Gasteiger charge is 2.25. The van der Waals surface area contributed by atoms with Crippen molar-refractivity contribution in [3.05, 3.63) is 33.2 Å². The number of amides is 1. The largest absolute Gasteiger partial charge is 0.477 e. The molecule has 0 saturated heterocycles. The van der Waals surface area contributed by atoms with E-state index in [1.54, 1.807) is 0 Å². The third-order valence-electron chi connectivity index (χ3n) is 3.34. The molecular formula is C12H15N3O4. The Morgan fingerprint density at radius 2 is 2.21 bits per heavy atom. The van der Waals surface area contributed by atoms with Crippen LogP contribution < -0.4 is 16.6 Å². The first-order valence-electron chi connectivity index (χ1n) is 5.93. The molecule has 1 aliphatic rings. The number of carbonyl (C=O) groups excluding carboxylic acids is 1. The van der Waals surface area contributed by atoms with E-state index in [1.165, 1.54) is 13.1 Å². The SMILES string of the molecule is C[C@@H](C(N)=O)n1cc2c(c(C(=O)O)c1=O)CCNC2. The Morgan fingerprint density at radius 1 is 1.53 bits per heavy atom. The Balaban J connectivity index is 2.71. The molecule has 7 nitrogen and oxygen atoms in total. The topological polar surface area (TPSA) is 114 Å². The van der Waals surface area contributed by atoms with Gasteiger partial charge in [-0.15, -0.1) is 0 Å². The highest BCUT2D eigenvalue weighted by atomic mass is 16.4. The predicted octanol–water partition coefficient (Wildman–Crippen LogP) is -0.761. The summed E-state index contributed by atoms with van der Waals surface area (Å²) in [7, 11) is 0. The fourth-order valence-electron chi connectivity index (χ4n) is 2.24. The number of aromatic nitrogens is 1. The molecule has 0 unspecified atom stereocenters. The van der Waals surface area contributed by atoms with Crippen molar-refractivity contribution in [3.63, 3.8) is 0 Å². The van der Waals surface area contributed by atoms with Crippen molar-refractivity contribution >= 4 is 11.9 Å². The van der Waals surface area contributed by atoms with Crippen LogP contribution in [0.3, 0.4) is 0 Å². The minimum absolute atomic E-state index is 0.257. The van der Waals surface area contributed by atoms with Gasteiger partial charge < -0.3 is 20.7 Å². The quantitative estimate of drug-likeness (QED) is 0.664. The second-order valence-electron chi connectivity index (χ2n) is 4.53. The van der Waals surface area contributed by atoms with Crippen LogP contribution in [0.15, 0.2) is 11.0 Å². The first kappa shape index (κ1) is 13.3. The maximum atomic E-state index is 12.2. The maximum absolute atomic E-state index is 12.2. The number of nitrogens with two attached hydrogens (primary N) is 1. The number of primary amides is 1. The number of nitrogens with zero attached hydrogens (tertiary/aromatic N) is 1. The second kappa shape index (κ2) is 4.85. The average Bonchev–Trinajstić information content (AvgIpc) is 2.36. The van der Waals surface area contributed by atoms with Gasteiger partial charge in [-0.1, -0.05) is 0 Å². The van der Waals surface area contributed by atoms with Gasteiger partial charge in [-0.05, 0) is 31.0 Å². The molecule has 1 aromatic rings. The molecule has 0 bridgehead atoms. The Labute approximate surface area is 109 Å². The average molecular weight is 265 g/mol. The predicted molar refractivity (Wildman–Crippen MR) is 67.0 cm³/mol. The summed E-state index contributed by atoms with van der Waals surface area (Å²) in [5.74, 6) is -1.95. The van der Waals surface area contributed by atoms with Crippen molar-refractivity contribution in [2.24, 2.45) is 5.73 Å². The van der Waals surface area contributed by atoms with Crippen LogP contribution in [0.5, 0.6) is 0 Å². The first-order chi connectivity index (χ1) is 8.93. The van der Waals surface area contributed by atoms with Gasteiger partial charge in [0.2, 0.25) is 5.91 Å². The van der Waals surface area contributed by atoms with E-state index in [-0.39, 0.29) is 5.56 Å². The Hall–Kier alpha value is -2.15. The number of hydrogen-bond donors (Lipinski definition) is 3. The first-order valence-corrected chi connectivity index (χ1v) is 5.93. The van der Waals surface area contributed by atoms with Gasteiger partial charge in [-0.25, -0.2) is 4.79 Å². The zero-order valence-electron chi connectivity index (χ0n) is 10.5. The number of nitrogens with one attached hydrogen (secondary N) is 1. The molecule has 0 fully saturated rings. The number of carboxylic acid groups (broad SMARTS) is 1. The van der Waals surface area contributed by atoms with Gasteiger partial charge in [0, 0.05) is 12.7 Å². The molecule has 0 aromatic carbocycles. The molecule has 102 valence electrons. The van der Waals surface area contributed by atoms with Gasteiger partial charge in [-0.3, -0.25) is 9.59 Å². The number of rotatable bonds is 3. The normalized spacial score (nSPS) is 15.6. The molecule has 19 heavy (non-hydrogen) atoms. The highest BCUT2D eigenvalue weighted by Crippen LogP contribution is 2.17. The van der Waals surface area contributed by atoms with Gasteiger partial charge in [-0.2, -0.15) is 0 Å². The van der Waals surface area contributed by atoms with E-state index in [4.69, 9.17) is 5.73 Å². The minimum atomic E-state index is -1.27. The third kappa shape index (κ3) is 2.24. The molecule has 0 saturated carbocycles. The summed E-state index contributed by atoms with van der Waals surface area (Å²) in [5, 5.41) is 12.3. The third-order valence-corrected chi connectivity index (χ3v) is 3.34. The van der Waals surface area contributed by atoms with Gasteiger partial charge in [0.05, 0.1) is 0 Å². The van der Waals surface area contributed by atoms with E-state index in [0.717, 1.165) is 10.1 Å². The van der Waals surface area contributed by atoms with Crippen LogP contribution in [0, 0.1) is 0 Å². The van der Waals surface area contributed by atoms with Crippen LogP contribution in [0.2, 0.25) is 0 Å². The molecule has 1 amide bonds. The van der Waals surface area contributed by atoms with Crippen LogP contribution in [0.4, 0.5) is 0 Å². The lowest BCUT2D eigenvalue weighted by atomic mass is 9.97. The van der Waals surface area contributed by atoms with Crippen molar-refractivity contribution in [1.29, 1.82) is 0 Å². The molecule has 0 radical (unpaired) electrons. The summed E-state index contributed by atoms with van der Waals surface area (Å²) in [6.45, 7) is 2.57. The number of carbonyl (C=O) groups is 2. The van der Waals surface area contributed by atoms with Crippen LogP contribution in [0.1, 0.15) is 34.5 Å². The molecule has 0 aliphatic carbocycles. The molecule has 7 heteroatoms. The van der Waals surface area contributed by atoms with Crippen molar-refractivity contribution in [2.45, 2.75) is 25.9 Å². The van der Waals surface area contributed by atoms with Gasteiger partial charge in [0.25, 0.3) is 5.56 Å². The Morgan fingerprint density at radius 3 is 2.79 bits per heavy atom. The van der Waals surface area contributed by atoms with Crippen LogP contribution in [-0.2, 0) is 17.8 Å². The molecule has 2 rings (SSSR count). The fourth-order valence-corrected chi connectivity index (χ4v) is 2.24. The molecule has 0 spiro atoms. The van der Waals surface area contributed by atoms with Crippen molar-refractivity contribution < 1.29 is 14.7 Å². The molecule has 1 atom stereocenters. The van der Waals surface area contributed by atoms with Gasteiger partial charge >= 0.3 is 5.97 Å². The summed E-state index contributed by atoms with van der Waals surface area (Å²) in [6, 6.07) is -0.877. The molecule has 1 aliphatic heterocycles. The monoisotopic (exact) mass is 265 g/mol. The van der Waals surface area contributed by atoms with E-state index >= 15 is 0 Å². The zero-order chi connectivity index (χ0) is 14.2. The summed E-state index contributed by atoms with van der Waals surface area (Å²) in [4.78, 5) is 34.7. The van der Waals surface area contributed by atoms with E-state index in [9.17, 15) is 19.5 Å². The zero-order valence-corrected chi connectivity index (χ0v) is 10.5. The maximum Gasteiger partial charge on any atom is 0.341 e. The summed E-state index contributed by atoms with van der Waals surface area (Å²) >= 11 is 0. The van der Waals surface area contributed by atoms with Gasteiger partial charge in [0.15, 0.2) is 0 Å². The summed E-state index contributed by atoms with van der Waals surface area (Å²) < 4.78 is 1.09. The standard InChI is InChI=1S/C12H15N3O4/c1-6(10(13)16)15-5-7-4-14-3-2-8(7)9(11(15)17)12(18)19/h5-6,14H,2-4H2,1H3,(H2,13,16)(H,18,19)/t6-/m0/s1. The van der Waals surface area contributed by atoms with Crippen molar-refractivity contribution in [2.75, 3.05) is 6.54 Å². The second-order valence-corrected chi connectivity index (χ2v) is 4.53. The number of fused-ring (bicyclic) bond motifs is 1. The molecule has 1 aromatic heterocycles. The number of carboxylic acids is 1. The summed E-state index contributed by atoms with van der Waals surface area (Å²) in [6.07, 6.45) is 2.00. The number of hydrogen-bond acceptors (Lipinski definition) is 4. The van der Waals surface area contributed by atoms with E-state index in [2.05, 4.69) is 5.32 Å². The Bertz CT molecular complexity index is 606. The van der Waals surface area contributed by atoms with Gasteiger partial charge in [0.1, 0.15) is 11.6 Å². The van der Waals surface area contributed by atoms with Crippen molar-refractivity contribution in [1.82, 2.24) is 9.88 Å². The van der Waals surface area contributed by atoms with E-state index < -0.39 is 23.5 Å². The lowest BCUT2D eigenvalue weighted by Gasteiger charge is -2.22. The number of pyridine rings is 1. The fraction of sp³-hybridized carbons (Fsp3) is 0.417. The van der Waals surface area contributed by atoms with Crippen molar-refractivity contribution in [3.8, 4) is 0 Å². The van der Waals surface area contributed by atoms with E-state index in [1.807, 2.05) is 0 Å². The highest BCUT2D eigenvalue weighted by molar-refractivity contribution is 5.89. The van der Waals surface area contributed by atoms with Crippen LogP contribution >= 0.6 is 0 Å². The minimum Gasteiger partial charge on any atom is -0.477 e. The van der Waals surface area contributed by atoms with Crippen LogP contribution in [-0.4, -0.2) is 28.1 Å². The lowest BCUT2D eigenvalue weighted by molar-refractivity contribution is -0.120. The summed E-state index contributed by atoms with van der Waals surface area (Å²) in [5.41, 5.74) is 5.50. The van der Waals surface area contributed by atoms with Crippen LogP contribution in [0.25, 0.3) is 0 Å². The number of aromatic carboxylic acids is 1. The smallest absolute Gasteiger partial charge is 0.341 e. The van der Waals surface area contributed by atoms with E-state index in [0.29, 0.717) is 25.1 Å². The molecular weight excluding hydrogens is 250 g/mol. The molecule has 4 N–H and O–H groups in total. The molecule has 2 heterocycles.